The maximum absolute atomic E-state index is 5.99. The molecule has 0 aliphatic carbocycles. The maximum Gasteiger partial charge on any atom is 0.191 e. The Balaban J connectivity index is 0.00000280. The van der Waals surface area contributed by atoms with E-state index in [0.717, 1.165) is 61.8 Å². The molecule has 1 fully saturated rings. The quantitative estimate of drug-likeness (QED) is 0.361. The topological polar surface area (TPSA) is 62.0 Å². The van der Waals surface area contributed by atoms with Crippen LogP contribution in [0.5, 0.6) is 0 Å². The van der Waals surface area contributed by atoms with E-state index in [-0.39, 0.29) is 29.5 Å². The standard InChI is InChI=1S/C21H32N4O2.HI/c1-5-22-20(24-15-21(25(3)4)10-12-26-13-11-21)23-14-19-16(2)17-8-6-7-9-18(17)27-19;/h6-9H,5,10-15H2,1-4H3,(H2,22,23,24);1H. The number of benzene rings is 1. The summed E-state index contributed by atoms with van der Waals surface area (Å²) >= 11 is 0. The molecule has 28 heavy (non-hydrogen) atoms. The molecule has 156 valence electrons. The summed E-state index contributed by atoms with van der Waals surface area (Å²) in [5.74, 6) is 1.74. The lowest BCUT2D eigenvalue weighted by Gasteiger charge is -2.43. The van der Waals surface area contributed by atoms with E-state index < -0.39 is 0 Å². The Hall–Kier alpha value is -1.32. The fraction of sp³-hybridized carbons (Fsp3) is 0.571. The van der Waals surface area contributed by atoms with Gasteiger partial charge in [-0.15, -0.1) is 24.0 Å². The van der Waals surface area contributed by atoms with Crippen molar-refractivity contribution in [2.45, 2.75) is 38.8 Å². The van der Waals surface area contributed by atoms with Crippen molar-refractivity contribution in [1.29, 1.82) is 0 Å². The van der Waals surface area contributed by atoms with Gasteiger partial charge >= 0.3 is 0 Å². The number of aliphatic imine (C=N–C) groups is 1. The number of aryl methyl sites for hydroxylation is 1. The van der Waals surface area contributed by atoms with Crippen LogP contribution in [-0.2, 0) is 11.3 Å². The van der Waals surface area contributed by atoms with E-state index in [0.29, 0.717) is 6.54 Å². The number of furan rings is 1. The van der Waals surface area contributed by atoms with Gasteiger partial charge in [-0.1, -0.05) is 18.2 Å². The summed E-state index contributed by atoms with van der Waals surface area (Å²) in [6.07, 6.45) is 2.05. The van der Waals surface area contributed by atoms with E-state index in [1.807, 2.05) is 18.2 Å². The molecule has 1 aliphatic heterocycles. The lowest BCUT2D eigenvalue weighted by atomic mass is 9.88. The van der Waals surface area contributed by atoms with Gasteiger partial charge in [-0.05, 0) is 46.9 Å². The first-order valence-corrected chi connectivity index (χ1v) is 9.80. The van der Waals surface area contributed by atoms with Crippen molar-refractivity contribution < 1.29 is 9.15 Å². The molecule has 0 radical (unpaired) electrons. The van der Waals surface area contributed by atoms with Gasteiger partial charge in [0.1, 0.15) is 17.9 Å². The third kappa shape index (κ3) is 5.18. The van der Waals surface area contributed by atoms with Crippen LogP contribution in [0.4, 0.5) is 0 Å². The first-order chi connectivity index (χ1) is 13.1. The molecule has 7 heteroatoms. The molecule has 3 rings (SSSR count). The molecule has 2 aromatic rings. The van der Waals surface area contributed by atoms with Gasteiger partial charge in [0.15, 0.2) is 5.96 Å². The fourth-order valence-electron chi connectivity index (χ4n) is 3.65. The lowest BCUT2D eigenvalue weighted by molar-refractivity contribution is -0.00501. The zero-order valence-electron chi connectivity index (χ0n) is 17.4. The molecule has 0 saturated carbocycles. The molecule has 6 nitrogen and oxygen atoms in total. The molecule has 2 N–H and O–H groups in total. The second kappa shape index (κ2) is 10.5. The number of para-hydroxylation sites is 1. The SMILES string of the molecule is CCNC(=NCc1oc2ccccc2c1C)NCC1(N(C)C)CCOCC1.I. The van der Waals surface area contributed by atoms with Gasteiger partial charge in [-0.25, -0.2) is 4.99 Å². The Morgan fingerprint density at radius 1 is 1.18 bits per heavy atom. The molecule has 0 bridgehead atoms. The number of hydrogen-bond acceptors (Lipinski definition) is 4. The molecule has 1 aliphatic rings. The van der Waals surface area contributed by atoms with Crippen LogP contribution in [-0.4, -0.2) is 56.8 Å². The number of fused-ring (bicyclic) bond motifs is 1. The molecule has 1 aromatic carbocycles. The Bertz CT molecular complexity index is 782. The van der Waals surface area contributed by atoms with Crippen LogP contribution in [0.1, 0.15) is 31.1 Å². The van der Waals surface area contributed by atoms with Gasteiger partial charge in [0.2, 0.25) is 0 Å². The van der Waals surface area contributed by atoms with Crippen molar-refractivity contribution in [1.82, 2.24) is 15.5 Å². The Kier molecular flexibility index (Phi) is 8.57. The average molecular weight is 500 g/mol. The zero-order chi connectivity index (χ0) is 19.3. The third-order valence-electron chi connectivity index (χ3n) is 5.62. The largest absolute Gasteiger partial charge is 0.459 e. The van der Waals surface area contributed by atoms with Crippen LogP contribution >= 0.6 is 24.0 Å². The van der Waals surface area contributed by atoms with Crippen LogP contribution in [0.3, 0.4) is 0 Å². The van der Waals surface area contributed by atoms with Crippen LogP contribution in [0.15, 0.2) is 33.7 Å². The van der Waals surface area contributed by atoms with Gasteiger partial charge in [-0.2, -0.15) is 0 Å². The van der Waals surface area contributed by atoms with E-state index in [4.69, 9.17) is 14.1 Å². The molecular formula is C21H33IN4O2. The monoisotopic (exact) mass is 500 g/mol. The van der Waals surface area contributed by atoms with Gasteiger partial charge < -0.3 is 24.7 Å². The highest BCUT2D eigenvalue weighted by Gasteiger charge is 2.34. The minimum atomic E-state index is 0. The highest BCUT2D eigenvalue weighted by molar-refractivity contribution is 14.0. The first kappa shape index (κ1) is 23.0. The fourth-order valence-corrected chi connectivity index (χ4v) is 3.65. The summed E-state index contributed by atoms with van der Waals surface area (Å²) in [5.41, 5.74) is 2.19. The van der Waals surface area contributed by atoms with Gasteiger partial charge in [-0.3, -0.25) is 0 Å². The summed E-state index contributed by atoms with van der Waals surface area (Å²) in [7, 11) is 4.30. The normalized spacial score (nSPS) is 16.8. The summed E-state index contributed by atoms with van der Waals surface area (Å²) in [4.78, 5) is 7.08. The van der Waals surface area contributed by atoms with E-state index in [1.54, 1.807) is 0 Å². The van der Waals surface area contributed by atoms with E-state index in [9.17, 15) is 0 Å². The van der Waals surface area contributed by atoms with Crippen molar-refractivity contribution in [2.75, 3.05) is 40.4 Å². The number of nitrogens with one attached hydrogen (secondary N) is 2. The number of ether oxygens (including phenoxy) is 1. The molecule has 0 spiro atoms. The molecular weight excluding hydrogens is 467 g/mol. The van der Waals surface area contributed by atoms with Gasteiger partial charge in [0.05, 0.1) is 0 Å². The van der Waals surface area contributed by atoms with Gasteiger partial charge in [0.25, 0.3) is 0 Å². The molecule has 2 heterocycles. The predicted molar refractivity (Wildman–Crippen MR) is 126 cm³/mol. The highest BCUT2D eigenvalue weighted by atomic mass is 127. The number of guanidine groups is 1. The van der Waals surface area contributed by atoms with Crippen LogP contribution in [0, 0.1) is 6.92 Å². The summed E-state index contributed by atoms with van der Waals surface area (Å²) in [6, 6.07) is 8.14. The number of likely N-dealkylation sites (N-methyl/N-ethyl adjacent to an activating group) is 1. The first-order valence-electron chi connectivity index (χ1n) is 9.80. The van der Waals surface area contributed by atoms with Crippen LogP contribution in [0.25, 0.3) is 11.0 Å². The minimum Gasteiger partial charge on any atom is -0.459 e. The summed E-state index contributed by atoms with van der Waals surface area (Å²) < 4.78 is 11.6. The average Bonchev–Trinajstić information content (AvgIpc) is 3.01. The van der Waals surface area contributed by atoms with Crippen molar-refractivity contribution in [3.63, 3.8) is 0 Å². The summed E-state index contributed by atoms with van der Waals surface area (Å²) in [6.45, 7) is 7.99. The molecule has 0 unspecified atom stereocenters. The molecule has 0 amide bonds. The van der Waals surface area contributed by atoms with Crippen LogP contribution < -0.4 is 10.6 Å². The third-order valence-corrected chi connectivity index (χ3v) is 5.62. The van der Waals surface area contributed by atoms with E-state index in [1.165, 1.54) is 5.56 Å². The van der Waals surface area contributed by atoms with Crippen molar-refractivity contribution >= 4 is 40.9 Å². The smallest absolute Gasteiger partial charge is 0.191 e. The van der Waals surface area contributed by atoms with Crippen molar-refractivity contribution in [3.05, 3.63) is 35.6 Å². The highest BCUT2D eigenvalue weighted by Crippen LogP contribution is 2.26. The maximum atomic E-state index is 5.99. The molecule has 1 saturated heterocycles. The second-order valence-corrected chi connectivity index (χ2v) is 7.43. The molecule has 0 atom stereocenters. The number of nitrogens with zero attached hydrogens (tertiary/aromatic N) is 2. The Morgan fingerprint density at radius 3 is 2.54 bits per heavy atom. The Morgan fingerprint density at radius 2 is 1.89 bits per heavy atom. The van der Waals surface area contributed by atoms with Gasteiger partial charge in [0, 0.05) is 42.8 Å². The van der Waals surface area contributed by atoms with E-state index in [2.05, 4.69) is 49.5 Å². The summed E-state index contributed by atoms with van der Waals surface area (Å²) in [5, 5.41) is 8.05. The number of rotatable bonds is 6. The van der Waals surface area contributed by atoms with Crippen LogP contribution in [0.2, 0.25) is 0 Å². The minimum absolute atomic E-state index is 0. The van der Waals surface area contributed by atoms with Crippen molar-refractivity contribution in [3.8, 4) is 0 Å². The van der Waals surface area contributed by atoms with Crippen molar-refractivity contribution in [2.24, 2.45) is 4.99 Å². The number of hydrogen-bond donors (Lipinski definition) is 2. The predicted octanol–water partition coefficient (Wildman–Crippen LogP) is 3.53. The lowest BCUT2D eigenvalue weighted by Crippen LogP contribution is -2.57. The number of halogens is 1. The zero-order valence-corrected chi connectivity index (χ0v) is 19.7. The Labute approximate surface area is 185 Å². The second-order valence-electron chi connectivity index (χ2n) is 7.43. The van der Waals surface area contributed by atoms with E-state index >= 15 is 0 Å². The molecule has 1 aromatic heterocycles.